The third-order valence-electron chi connectivity index (χ3n) is 2.21. The number of ether oxygens (including phenoxy) is 1. The summed E-state index contributed by atoms with van der Waals surface area (Å²) < 4.78 is 31.0. The maximum Gasteiger partial charge on any atom is 0.236 e. The van der Waals surface area contributed by atoms with Gasteiger partial charge in [-0.25, -0.2) is 8.42 Å². The summed E-state index contributed by atoms with van der Waals surface area (Å²) in [7, 11) is -3.43. The second kappa shape index (κ2) is 6.60. The number of benzene rings is 1. The van der Waals surface area contributed by atoms with Gasteiger partial charge >= 0.3 is 0 Å². The van der Waals surface area contributed by atoms with E-state index in [0.717, 1.165) is 16.9 Å². The van der Waals surface area contributed by atoms with Crippen molar-refractivity contribution in [2.75, 3.05) is 17.1 Å². The minimum atomic E-state index is -3.43. The molecule has 0 aliphatic carbocycles. The largest absolute Gasteiger partial charge is 0.376 e. The van der Waals surface area contributed by atoms with E-state index in [0.29, 0.717) is 6.61 Å². The summed E-state index contributed by atoms with van der Waals surface area (Å²) in [6.45, 7) is 0.526. The first kappa shape index (κ1) is 13.9. The van der Waals surface area contributed by atoms with Gasteiger partial charge in [-0.3, -0.25) is 4.72 Å². The molecule has 0 saturated carbocycles. The van der Waals surface area contributed by atoms with E-state index < -0.39 is 10.0 Å². The van der Waals surface area contributed by atoms with E-state index in [-0.39, 0.29) is 17.5 Å². The molecule has 0 radical (unpaired) electrons. The van der Waals surface area contributed by atoms with Crippen molar-refractivity contribution in [1.82, 2.24) is 10.2 Å². The number of hydrogen-bond acceptors (Lipinski definition) is 6. The van der Waals surface area contributed by atoms with Gasteiger partial charge in [0.15, 0.2) is 0 Å². The fourth-order valence-corrected chi connectivity index (χ4v) is 2.94. The fourth-order valence-electron chi connectivity index (χ4n) is 1.33. The quantitative estimate of drug-likeness (QED) is 0.784. The van der Waals surface area contributed by atoms with Crippen molar-refractivity contribution < 1.29 is 13.2 Å². The van der Waals surface area contributed by atoms with Gasteiger partial charge in [0.2, 0.25) is 15.2 Å². The third kappa shape index (κ3) is 4.93. The Kier molecular flexibility index (Phi) is 4.83. The number of nitrogens with zero attached hydrogens (tertiary/aromatic N) is 2. The van der Waals surface area contributed by atoms with Gasteiger partial charge in [0, 0.05) is 0 Å². The maximum absolute atomic E-state index is 11.7. The summed E-state index contributed by atoms with van der Waals surface area (Å²) in [6, 6.07) is 9.58. The molecule has 1 N–H and O–H groups in total. The van der Waals surface area contributed by atoms with Crippen LogP contribution >= 0.6 is 11.3 Å². The minimum Gasteiger partial charge on any atom is -0.376 e. The summed E-state index contributed by atoms with van der Waals surface area (Å²) in [5.41, 5.74) is 2.47. The minimum absolute atomic E-state index is 0.112. The van der Waals surface area contributed by atoms with Crippen LogP contribution in [0.25, 0.3) is 0 Å². The number of anilines is 1. The van der Waals surface area contributed by atoms with Crippen LogP contribution in [0.2, 0.25) is 0 Å². The van der Waals surface area contributed by atoms with Crippen molar-refractivity contribution in [3.63, 3.8) is 0 Å². The molecule has 19 heavy (non-hydrogen) atoms. The lowest BCUT2D eigenvalue weighted by molar-refractivity contribution is 0.135. The van der Waals surface area contributed by atoms with E-state index in [9.17, 15) is 8.42 Å². The Morgan fingerprint density at radius 2 is 2.05 bits per heavy atom. The molecule has 0 atom stereocenters. The molecule has 0 fully saturated rings. The highest BCUT2D eigenvalue weighted by Gasteiger charge is 2.12. The molecule has 0 aliphatic heterocycles. The predicted molar refractivity (Wildman–Crippen MR) is 73.4 cm³/mol. The molecule has 0 aliphatic rings. The molecule has 2 aromatic rings. The van der Waals surface area contributed by atoms with E-state index in [2.05, 4.69) is 14.9 Å². The molecule has 6 nitrogen and oxygen atoms in total. The third-order valence-corrected chi connectivity index (χ3v) is 4.16. The van der Waals surface area contributed by atoms with E-state index in [1.165, 1.54) is 5.51 Å². The topological polar surface area (TPSA) is 81.2 Å². The second-order valence-electron chi connectivity index (χ2n) is 3.70. The van der Waals surface area contributed by atoms with Crippen LogP contribution in [0.4, 0.5) is 5.13 Å². The number of aromatic nitrogens is 2. The van der Waals surface area contributed by atoms with E-state index in [1.54, 1.807) is 0 Å². The SMILES string of the molecule is O=S(=O)(CCOCc1ccccc1)Nc1nncs1. The lowest BCUT2D eigenvalue weighted by atomic mass is 10.2. The normalized spacial score (nSPS) is 11.4. The van der Waals surface area contributed by atoms with E-state index in [4.69, 9.17) is 4.74 Å². The van der Waals surface area contributed by atoms with Gasteiger partial charge in [-0.15, -0.1) is 10.2 Å². The number of nitrogens with one attached hydrogen (secondary N) is 1. The second-order valence-corrected chi connectivity index (χ2v) is 6.38. The monoisotopic (exact) mass is 299 g/mol. The average molecular weight is 299 g/mol. The maximum atomic E-state index is 11.7. The summed E-state index contributed by atoms with van der Waals surface area (Å²) >= 11 is 1.13. The van der Waals surface area contributed by atoms with Crippen LogP contribution < -0.4 is 4.72 Å². The van der Waals surface area contributed by atoms with Gasteiger partial charge in [-0.05, 0) is 5.56 Å². The highest BCUT2D eigenvalue weighted by Crippen LogP contribution is 2.10. The molecule has 1 heterocycles. The van der Waals surface area contributed by atoms with Gasteiger partial charge < -0.3 is 4.74 Å². The molecule has 2 rings (SSSR count). The first-order valence-corrected chi connectivity index (χ1v) is 8.07. The van der Waals surface area contributed by atoms with Crippen molar-refractivity contribution in [3.05, 3.63) is 41.4 Å². The number of rotatable bonds is 7. The Balaban J connectivity index is 1.73. The van der Waals surface area contributed by atoms with Crippen molar-refractivity contribution >= 4 is 26.5 Å². The molecule has 102 valence electrons. The Morgan fingerprint density at radius 1 is 1.26 bits per heavy atom. The molecule has 0 unspecified atom stereocenters. The Bertz CT molecular complexity index is 585. The number of sulfonamides is 1. The molecule has 0 spiro atoms. The van der Waals surface area contributed by atoms with Gasteiger partial charge in [-0.1, -0.05) is 41.7 Å². The Morgan fingerprint density at radius 3 is 2.74 bits per heavy atom. The summed E-state index contributed by atoms with van der Waals surface area (Å²) in [5.74, 6) is -0.112. The van der Waals surface area contributed by atoms with Crippen molar-refractivity contribution in [2.45, 2.75) is 6.61 Å². The lowest BCUT2D eigenvalue weighted by Crippen LogP contribution is -2.20. The molecule has 0 amide bonds. The molecular weight excluding hydrogens is 286 g/mol. The lowest BCUT2D eigenvalue weighted by Gasteiger charge is -2.06. The first-order chi connectivity index (χ1) is 9.16. The zero-order valence-corrected chi connectivity index (χ0v) is 11.7. The highest BCUT2D eigenvalue weighted by molar-refractivity contribution is 7.92. The summed E-state index contributed by atoms with van der Waals surface area (Å²) in [5, 5.41) is 7.43. The molecule has 1 aromatic heterocycles. The zero-order chi connectivity index (χ0) is 13.6. The number of hydrogen-bond donors (Lipinski definition) is 1. The van der Waals surface area contributed by atoms with Crippen molar-refractivity contribution in [2.24, 2.45) is 0 Å². The van der Waals surface area contributed by atoms with Gasteiger partial charge in [0.05, 0.1) is 19.0 Å². The smallest absolute Gasteiger partial charge is 0.236 e. The standard InChI is InChI=1S/C11H13N3O3S2/c15-19(16,14-11-13-12-9-18-11)7-6-17-8-10-4-2-1-3-5-10/h1-5,9H,6-8H2,(H,13,14). The molecule has 0 saturated heterocycles. The van der Waals surface area contributed by atoms with Crippen LogP contribution in [-0.2, 0) is 21.4 Å². The van der Waals surface area contributed by atoms with Gasteiger partial charge in [0.25, 0.3) is 0 Å². The van der Waals surface area contributed by atoms with E-state index >= 15 is 0 Å². The van der Waals surface area contributed by atoms with Crippen LogP contribution in [0, 0.1) is 0 Å². The van der Waals surface area contributed by atoms with E-state index in [1.807, 2.05) is 30.3 Å². The molecule has 1 aromatic carbocycles. The van der Waals surface area contributed by atoms with Crippen LogP contribution in [0.3, 0.4) is 0 Å². The zero-order valence-electron chi connectivity index (χ0n) is 10.0. The Labute approximate surface area is 115 Å². The van der Waals surface area contributed by atoms with Gasteiger partial charge in [0.1, 0.15) is 5.51 Å². The fraction of sp³-hybridized carbons (Fsp3) is 0.273. The first-order valence-electron chi connectivity index (χ1n) is 5.54. The predicted octanol–water partition coefficient (Wildman–Crippen LogP) is 1.50. The molecule has 0 bridgehead atoms. The van der Waals surface area contributed by atoms with Crippen molar-refractivity contribution in [1.29, 1.82) is 0 Å². The van der Waals surface area contributed by atoms with Crippen molar-refractivity contribution in [3.8, 4) is 0 Å². The molecule has 8 heteroatoms. The Hall–Kier alpha value is -1.51. The summed E-state index contributed by atoms with van der Waals surface area (Å²) in [4.78, 5) is 0. The van der Waals surface area contributed by atoms with Crippen LogP contribution in [-0.4, -0.2) is 31.0 Å². The summed E-state index contributed by atoms with van der Waals surface area (Å²) in [6.07, 6.45) is 0. The van der Waals surface area contributed by atoms with Gasteiger partial charge in [-0.2, -0.15) is 0 Å². The van der Waals surface area contributed by atoms with Crippen LogP contribution in [0.15, 0.2) is 35.8 Å². The molecular formula is C11H13N3O3S2. The average Bonchev–Trinajstić information content (AvgIpc) is 2.88. The van der Waals surface area contributed by atoms with Crippen LogP contribution in [0.1, 0.15) is 5.56 Å². The van der Waals surface area contributed by atoms with Crippen LogP contribution in [0.5, 0.6) is 0 Å². The highest BCUT2D eigenvalue weighted by atomic mass is 32.2.